The number of nitrogens with one attached hydrogen (secondary N) is 2. The maximum Gasteiger partial charge on any atom is 0.407 e. The monoisotopic (exact) mass is 299 g/mol. The Morgan fingerprint density at radius 3 is 2.38 bits per heavy atom. The Morgan fingerprint density at radius 1 is 1.29 bits per heavy atom. The van der Waals surface area contributed by atoms with Crippen LogP contribution in [0.1, 0.15) is 53.9 Å². The summed E-state index contributed by atoms with van der Waals surface area (Å²) in [5, 5.41) is 6.54. The first-order valence-electron chi connectivity index (χ1n) is 8.29. The van der Waals surface area contributed by atoms with E-state index in [1.807, 2.05) is 20.8 Å². The quantitative estimate of drug-likeness (QED) is 0.790. The third kappa shape index (κ3) is 7.67. The van der Waals surface area contributed by atoms with Gasteiger partial charge in [0.2, 0.25) is 0 Å². The molecule has 21 heavy (non-hydrogen) atoms. The number of likely N-dealkylation sites (tertiary alicyclic amines) is 1. The van der Waals surface area contributed by atoms with Crippen molar-refractivity contribution in [2.45, 2.75) is 71.6 Å². The van der Waals surface area contributed by atoms with Crippen molar-refractivity contribution in [2.75, 3.05) is 26.2 Å². The molecule has 1 saturated heterocycles. The van der Waals surface area contributed by atoms with Crippen LogP contribution in [0.5, 0.6) is 0 Å². The van der Waals surface area contributed by atoms with Crippen molar-refractivity contribution in [2.24, 2.45) is 0 Å². The van der Waals surface area contributed by atoms with Gasteiger partial charge in [-0.25, -0.2) is 4.79 Å². The van der Waals surface area contributed by atoms with E-state index in [1.165, 1.54) is 25.9 Å². The highest BCUT2D eigenvalue weighted by Crippen LogP contribution is 2.11. The van der Waals surface area contributed by atoms with Crippen LogP contribution in [-0.2, 0) is 4.74 Å². The Balaban J connectivity index is 2.27. The van der Waals surface area contributed by atoms with Crippen LogP contribution in [0.25, 0.3) is 0 Å². The van der Waals surface area contributed by atoms with Gasteiger partial charge in [0, 0.05) is 18.6 Å². The van der Waals surface area contributed by atoms with Crippen LogP contribution in [-0.4, -0.2) is 54.9 Å². The summed E-state index contributed by atoms with van der Waals surface area (Å²) in [5.41, 5.74) is -0.438. The molecule has 0 aromatic rings. The molecule has 5 nitrogen and oxygen atoms in total. The number of rotatable bonds is 6. The smallest absolute Gasteiger partial charge is 0.407 e. The van der Waals surface area contributed by atoms with Crippen molar-refractivity contribution in [1.29, 1.82) is 0 Å². The fourth-order valence-corrected chi connectivity index (χ4v) is 2.59. The minimum absolute atomic E-state index is 0.315. The first-order chi connectivity index (χ1) is 9.84. The molecule has 1 amide bonds. The first-order valence-corrected chi connectivity index (χ1v) is 8.29. The van der Waals surface area contributed by atoms with Crippen molar-refractivity contribution in [3.05, 3.63) is 0 Å². The highest BCUT2D eigenvalue weighted by Gasteiger charge is 2.21. The van der Waals surface area contributed by atoms with Crippen LogP contribution in [0.4, 0.5) is 4.79 Å². The second-order valence-electron chi connectivity index (χ2n) is 6.86. The van der Waals surface area contributed by atoms with E-state index in [0.717, 1.165) is 13.0 Å². The number of piperidine rings is 1. The number of nitrogens with zero attached hydrogens (tertiary/aromatic N) is 1. The number of carbonyl (C=O) groups excluding carboxylic acids is 1. The molecule has 1 aliphatic heterocycles. The molecule has 124 valence electrons. The van der Waals surface area contributed by atoms with E-state index in [0.29, 0.717) is 18.6 Å². The lowest BCUT2D eigenvalue weighted by Gasteiger charge is -2.34. The predicted octanol–water partition coefficient (Wildman–Crippen LogP) is 2.36. The van der Waals surface area contributed by atoms with Gasteiger partial charge in [0.05, 0.1) is 0 Å². The standard InChI is InChI=1S/C16H33N3O2/c1-6-13(12-17-15(20)21-16(3,4)5)18-14-8-10-19(7-2)11-9-14/h13-14,18H,6-12H2,1-5H3,(H,17,20). The predicted molar refractivity (Wildman–Crippen MR) is 86.6 cm³/mol. The van der Waals surface area contributed by atoms with E-state index < -0.39 is 5.60 Å². The van der Waals surface area contributed by atoms with Crippen molar-refractivity contribution in [3.8, 4) is 0 Å². The molecule has 0 aliphatic carbocycles. The second kappa shape index (κ2) is 8.59. The molecule has 1 heterocycles. The molecular formula is C16H33N3O2. The summed E-state index contributed by atoms with van der Waals surface area (Å²) >= 11 is 0. The molecule has 2 N–H and O–H groups in total. The zero-order valence-electron chi connectivity index (χ0n) is 14.4. The Labute approximate surface area is 129 Å². The minimum Gasteiger partial charge on any atom is -0.444 e. The van der Waals surface area contributed by atoms with E-state index in [-0.39, 0.29) is 6.09 Å². The van der Waals surface area contributed by atoms with Gasteiger partial charge >= 0.3 is 6.09 Å². The number of carbonyl (C=O) groups is 1. The third-order valence-electron chi connectivity index (χ3n) is 3.89. The zero-order chi connectivity index (χ0) is 15.9. The fraction of sp³-hybridized carbons (Fsp3) is 0.938. The molecular weight excluding hydrogens is 266 g/mol. The number of amides is 1. The van der Waals surface area contributed by atoms with E-state index in [2.05, 4.69) is 29.4 Å². The Kier molecular flexibility index (Phi) is 7.46. The molecule has 1 atom stereocenters. The lowest BCUT2D eigenvalue weighted by Crippen LogP contribution is -2.49. The molecule has 1 fully saturated rings. The highest BCUT2D eigenvalue weighted by molar-refractivity contribution is 5.67. The van der Waals surface area contributed by atoms with Gasteiger partial charge in [-0.2, -0.15) is 0 Å². The SMILES string of the molecule is CCC(CNC(=O)OC(C)(C)C)NC1CCN(CC)CC1. The summed E-state index contributed by atoms with van der Waals surface area (Å²) in [5.74, 6) is 0. The average Bonchev–Trinajstić information content (AvgIpc) is 2.42. The van der Waals surface area contributed by atoms with Crippen LogP contribution in [0.15, 0.2) is 0 Å². The molecule has 0 aromatic heterocycles. The molecule has 0 saturated carbocycles. The summed E-state index contributed by atoms with van der Waals surface area (Å²) in [6.45, 7) is 14.1. The van der Waals surface area contributed by atoms with Gasteiger partial charge in [-0.3, -0.25) is 0 Å². The van der Waals surface area contributed by atoms with Gasteiger partial charge in [0.15, 0.2) is 0 Å². The van der Waals surface area contributed by atoms with Gasteiger partial charge in [-0.05, 0) is 59.7 Å². The first kappa shape index (κ1) is 18.2. The Hall–Kier alpha value is -0.810. The van der Waals surface area contributed by atoms with Crippen molar-refractivity contribution in [1.82, 2.24) is 15.5 Å². The largest absolute Gasteiger partial charge is 0.444 e. The molecule has 0 aromatic carbocycles. The molecule has 1 aliphatic rings. The normalized spacial score (nSPS) is 19.3. The maximum atomic E-state index is 11.7. The summed E-state index contributed by atoms with van der Waals surface area (Å²) in [7, 11) is 0. The highest BCUT2D eigenvalue weighted by atomic mass is 16.6. The van der Waals surface area contributed by atoms with E-state index in [1.54, 1.807) is 0 Å². The van der Waals surface area contributed by atoms with Crippen LogP contribution in [0, 0.1) is 0 Å². The summed E-state index contributed by atoms with van der Waals surface area (Å²) < 4.78 is 5.27. The number of ether oxygens (including phenoxy) is 1. The maximum absolute atomic E-state index is 11.7. The van der Waals surface area contributed by atoms with Crippen molar-refractivity contribution in [3.63, 3.8) is 0 Å². The van der Waals surface area contributed by atoms with Gasteiger partial charge < -0.3 is 20.3 Å². The summed E-state index contributed by atoms with van der Waals surface area (Å²) in [6, 6.07) is 0.883. The zero-order valence-corrected chi connectivity index (χ0v) is 14.4. The van der Waals surface area contributed by atoms with Crippen LogP contribution in [0.3, 0.4) is 0 Å². The lowest BCUT2D eigenvalue weighted by atomic mass is 10.0. The second-order valence-corrected chi connectivity index (χ2v) is 6.86. The van der Waals surface area contributed by atoms with Crippen molar-refractivity contribution >= 4 is 6.09 Å². The van der Waals surface area contributed by atoms with E-state index in [9.17, 15) is 4.79 Å². The van der Waals surface area contributed by atoms with Gasteiger partial charge in [0.25, 0.3) is 0 Å². The summed E-state index contributed by atoms with van der Waals surface area (Å²) in [4.78, 5) is 14.2. The number of hydrogen-bond donors (Lipinski definition) is 2. The summed E-state index contributed by atoms with van der Waals surface area (Å²) in [6.07, 6.45) is 3.06. The molecule has 5 heteroatoms. The molecule has 0 spiro atoms. The number of hydrogen-bond acceptors (Lipinski definition) is 4. The lowest BCUT2D eigenvalue weighted by molar-refractivity contribution is 0.0520. The van der Waals surface area contributed by atoms with Crippen LogP contribution < -0.4 is 10.6 Å². The van der Waals surface area contributed by atoms with Gasteiger partial charge in [0.1, 0.15) is 5.60 Å². The fourth-order valence-electron chi connectivity index (χ4n) is 2.59. The molecule has 0 radical (unpaired) electrons. The topological polar surface area (TPSA) is 53.6 Å². The molecule has 1 rings (SSSR count). The van der Waals surface area contributed by atoms with Gasteiger partial charge in [-0.1, -0.05) is 13.8 Å². The van der Waals surface area contributed by atoms with E-state index in [4.69, 9.17) is 4.74 Å². The minimum atomic E-state index is -0.438. The number of alkyl carbamates (subject to hydrolysis) is 1. The molecule has 1 unspecified atom stereocenters. The van der Waals surface area contributed by atoms with Crippen LogP contribution >= 0.6 is 0 Å². The average molecular weight is 299 g/mol. The van der Waals surface area contributed by atoms with E-state index >= 15 is 0 Å². The van der Waals surface area contributed by atoms with Crippen LogP contribution in [0.2, 0.25) is 0 Å². The van der Waals surface area contributed by atoms with Gasteiger partial charge in [-0.15, -0.1) is 0 Å². The Morgan fingerprint density at radius 2 is 1.90 bits per heavy atom. The van der Waals surface area contributed by atoms with Crippen molar-refractivity contribution < 1.29 is 9.53 Å². The third-order valence-corrected chi connectivity index (χ3v) is 3.89. The molecule has 0 bridgehead atoms. The Bertz CT molecular complexity index is 307.